The molecule has 0 atom stereocenters. The van der Waals surface area contributed by atoms with Gasteiger partial charge in [0.05, 0.1) is 12.2 Å². The fraction of sp³-hybridized carbons (Fsp3) is 0.300. The number of carbonyl (C=O) groups is 1. The Bertz CT molecular complexity index is 355. The summed E-state index contributed by atoms with van der Waals surface area (Å²) in [6, 6.07) is 4.73. The van der Waals surface area contributed by atoms with Crippen molar-refractivity contribution >= 4 is 21.8 Å². The van der Waals surface area contributed by atoms with E-state index in [1.165, 1.54) is 6.07 Å². The Kier molecular flexibility index (Phi) is 4.58. The topological polar surface area (TPSA) is 58.6 Å². The van der Waals surface area contributed by atoms with Gasteiger partial charge in [-0.05, 0) is 18.2 Å². The molecule has 0 aliphatic carbocycles. The van der Waals surface area contributed by atoms with Crippen molar-refractivity contribution in [2.75, 3.05) is 20.3 Å². The van der Waals surface area contributed by atoms with Gasteiger partial charge in [-0.25, -0.2) is 0 Å². The number of carbonyl (C=O) groups excluding carboxylic acids is 1. The van der Waals surface area contributed by atoms with Crippen LogP contribution in [0, 0.1) is 0 Å². The van der Waals surface area contributed by atoms with E-state index in [-0.39, 0.29) is 17.2 Å². The second-order valence-electron chi connectivity index (χ2n) is 2.91. The zero-order chi connectivity index (χ0) is 11.3. The molecule has 0 unspecified atom stereocenters. The van der Waals surface area contributed by atoms with Crippen LogP contribution in [-0.4, -0.2) is 31.3 Å². The second kappa shape index (κ2) is 5.72. The highest BCUT2D eigenvalue weighted by Crippen LogP contribution is 2.21. The normalized spacial score (nSPS) is 10.0. The Morgan fingerprint density at radius 3 is 2.93 bits per heavy atom. The monoisotopic (exact) mass is 273 g/mol. The lowest BCUT2D eigenvalue weighted by Gasteiger charge is -2.06. The van der Waals surface area contributed by atoms with Gasteiger partial charge in [-0.1, -0.05) is 15.9 Å². The molecular formula is C10H12BrNO3. The molecule has 0 bridgehead atoms. The van der Waals surface area contributed by atoms with Crippen LogP contribution in [0.2, 0.25) is 0 Å². The van der Waals surface area contributed by atoms with Crippen LogP contribution in [0.4, 0.5) is 0 Å². The summed E-state index contributed by atoms with van der Waals surface area (Å²) in [5.41, 5.74) is 0.259. The number of aromatic hydroxyl groups is 1. The van der Waals surface area contributed by atoms with Crippen molar-refractivity contribution < 1.29 is 14.6 Å². The van der Waals surface area contributed by atoms with E-state index in [0.29, 0.717) is 13.2 Å². The maximum atomic E-state index is 11.5. The van der Waals surface area contributed by atoms with Crippen LogP contribution in [0.15, 0.2) is 22.7 Å². The fourth-order valence-electron chi connectivity index (χ4n) is 1.06. The molecule has 82 valence electrons. The van der Waals surface area contributed by atoms with Gasteiger partial charge >= 0.3 is 0 Å². The van der Waals surface area contributed by atoms with Crippen molar-refractivity contribution in [1.82, 2.24) is 5.32 Å². The molecule has 0 heterocycles. The maximum Gasteiger partial charge on any atom is 0.255 e. The summed E-state index contributed by atoms with van der Waals surface area (Å²) in [4.78, 5) is 11.5. The molecule has 2 N–H and O–H groups in total. The summed E-state index contributed by atoms with van der Waals surface area (Å²) >= 11 is 3.20. The first-order valence-corrected chi connectivity index (χ1v) is 5.20. The zero-order valence-corrected chi connectivity index (χ0v) is 9.87. The molecule has 0 aromatic heterocycles. The number of benzene rings is 1. The predicted octanol–water partition coefficient (Wildman–Crippen LogP) is 1.53. The lowest BCUT2D eigenvalue weighted by molar-refractivity contribution is 0.0934. The van der Waals surface area contributed by atoms with Crippen molar-refractivity contribution in [3.63, 3.8) is 0 Å². The third kappa shape index (κ3) is 3.53. The summed E-state index contributed by atoms with van der Waals surface area (Å²) < 4.78 is 5.52. The average molecular weight is 274 g/mol. The first-order valence-electron chi connectivity index (χ1n) is 4.41. The molecule has 0 radical (unpaired) electrons. The number of phenolic OH excluding ortho intramolecular Hbond substituents is 1. The van der Waals surface area contributed by atoms with Gasteiger partial charge in [0.2, 0.25) is 0 Å². The zero-order valence-electron chi connectivity index (χ0n) is 8.29. The Balaban J connectivity index is 2.65. The van der Waals surface area contributed by atoms with Gasteiger partial charge in [0.15, 0.2) is 0 Å². The minimum atomic E-state index is -0.308. The Morgan fingerprint density at radius 1 is 1.60 bits per heavy atom. The SMILES string of the molecule is COCCNC(=O)c1ccc(Br)cc1O. The first kappa shape index (κ1) is 12.0. The summed E-state index contributed by atoms with van der Waals surface area (Å²) in [5.74, 6) is -0.351. The highest BCUT2D eigenvalue weighted by atomic mass is 79.9. The molecule has 5 heteroatoms. The van der Waals surface area contributed by atoms with Gasteiger partial charge in [-0.3, -0.25) is 4.79 Å². The van der Waals surface area contributed by atoms with E-state index in [1.54, 1.807) is 19.2 Å². The van der Waals surface area contributed by atoms with E-state index in [9.17, 15) is 9.90 Å². The first-order chi connectivity index (χ1) is 7.15. The van der Waals surface area contributed by atoms with Crippen molar-refractivity contribution in [3.8, 4) is 5.75 Å². The maximum absolute atomic E-state index is 11.5. The van der Waals surface area contributed by atoms with E-state index < -0.39 is 0 Å². The molecule has 0 saturated heterocycles. The number of hydrogen-bond donors (Lipinski definition) is 2. The van der Waals surface area contributed by atoms with E-state index in [4.69, 9.17) is 4.74 Å². The highest BCUT2D eigenvalue weighted by molar-refractivity contribution is 9.10. The largest absolute Gasteiger partial charge is 0.507 e. The number of ether oxygens (including phenoxy) is 1. The molecule has 0 aliphatic heterocycles. The summed E-state index contributed by atoms with van der Waals surface area (Å²) in [6.45, 7) is 0.869. The number of nitrogens with one attached hydrogen (secondary N) is 1. The molecule has 0 spiro atoms. The summed E-state index contributed by atoms with van der Waals surface area (Å²) in [5, 5.41) is 12.1. The molecule has 0 aliphatic rings. The van der Waals surface area contributed by atoms with E-state index in [1.807, 2.05) is 0 Å². The van der Waals surface area contributed by atoms with Crippen molar-refractivity contribution in [2.45, 2.75) is 0 Å². The fourth-order valence-corrected chi connectivity index (χ4v) is 1.41. The van der Waals surface area contributed by atoms with Crippen LogP contribution in [-0.2, 0) is 4.74 Å². The van der Waals surface area contributed by atoms with Crippen molar-refractivity contribution in [1.29, 1.82) is 0 Å². The van der Waals surface area contributed by atoms with Gasteiger partial charge in [0.25, 0.3) is 5.91 Å². The molecule has 0 saturated carbocycles. The highest BCUT2D eigenvalue weighted by Gasteiger charge is 2.10. The van der Waals surface area contributed by atoms with Crippen LogP contribution in [0.3, 0.4) is 0 Å². The minimum Gasteiger partial charge on any atom is -0.507 e. The lowest BCUT2D eigenvalue weighted by atomic mass is 10.2. The van der Waals surface area contributed by atoms with Gasteiger partial charge in [-0.2, -0.15) is 0 Å². The Hall–Kier alpha value is -1.07. The standard InChI is InChI=1S/C10H12BrNO3/c1-15-5-4-12-10(14)8-3-2-7(11)6-9(8)13/h2-3,6,13H,4-5H2,1H3,(H,12,14). The molecular weight excluding hydrogens is 262 g/mol. The number of hydrogen-bond acceptors (Lipinski definition) is 3. The molecule has 15 heavy (non-hydrogen) atoms. The van der Waals surface area contributed by atoms with Crippen LogP contribution in [0.25, 0.3) is 0 Å². The van der Waals surface area contributed by atoms with Crippen LogP contribution >= 0.6 is 15.9 Å². The van der Waals surface area contributed by atoms with Crippen molar-refractivity contribution in [2.24, 2.45) is 0 Å². The number of halogens is 1. The Labute approximate surface area is 96.4 Å². The third-order valence-corrected chi connectivity index (χ3v) is 2.29. The van der Waals surface area contributed by atoms with E-state index in [2.05, 4.69) is 21.2 Å². The summed E-state index contributed by atoms with van der Waals surface area (Å²) in [7, 11) is 1.56. The van der Waals surface area contributed by atoms with Gasteiger partial charge in [0, 0.05) is 18.1 Å². The lowest BCUT2D eigenvalue weighted by Crippen LogP contribution is -2.26. The summed E-state index contributed by atoms with van der Waals surface area (Å²) in [6.07, 6.45) is 0. The molecule has 4 nitrogen and oxygen atoms in total. The molecule has 1 rings (SSSR count). The minimum absolute atomic E-state index is 0.0423. The van der Waals surface area contributed by atoms with E-state index in [0.717, 1.165) is 4.47 Å². The smallest absolute Gasteiger partial charge is 0.255 e. The predicted molar refractivity (Wildman–Crippen MR) is 60.0 cm³/mol. The van der Waals surface area contributed by atoms with Crippen molar-refractivity contribution in [3.05, 3.63) is 28.2 Å². The number of rotatable bonds is 4. The van der Waals surface area contributed by atoms with E-state index >= 15 is 0 Å². The number of phenols is 1. The molecule has 1 amide bonds. The second-order valence-corrected chi connectivity index (χ2v) is 3.83. The number of methoxy groups -OCH3 is 1. The van der Waals surface area contributed by atoms with Gasteiger partial charge in [0.1, 0.15) is 5.75 Å². The molecule has 1 aromatic carbocycles. The van der Waals surface area contributed by atoms with Gasteiger partial charge < -0.3 is 15.2 Å². The average Bonchev–Trinajstić information content (AvgIpc) is 2.17. The molecule has 1 aromatic rings. The quantitative estimate of drug-likeness (QED) is 0.819. The third-order valence-electron chi connectivity index (χ3n) is 1.80. The van der Waals surface area contributed by atoms with Crippen LogP contribution < -0.4 is 5.32 Å². The molecule has 0 fully saturated rings. The van der Waals surface area contributed by atoms with Crippen LogP contribution in [0.1, 0.15) is 10.4 Å². The van der Waals surface area contributed by atoms with Crippen LogP contribution in [0.5, 0.6) is 5.75 Å². The number of amides is 1. The Morgan fingerprint density at radius 2 is 2.33 bits per heavy atom. The van der Waals surface area contributed by atoms with Gasteiger partial charge in [-0.15, -0.1) is 0 Å².